The smallest absolute Gasteiger partial charge is 0.289 e. The first-order valence-electron chi connectivity index (χ1n) is 6.87. The van der Waals surface area contributed by atoms with Gasteiger partial charge >= 0.3 is 0 Å². The van der Waals surface area contributed by atoms with E-state index in [-0.39, 0.29) is 16.8 Å². The lowest BCUT2D eigenvalue weighted by Gasteiger charge is -2.20. The summed E-state index contributed by atoms with van der Waals surface area (Å²) in [5.41, 5.74) is 1.79. The summed E-state index contributed by atoms with van der Waals surface area (Å²) < 4.78 is 0. The van der Waals surface area contributed by atoms with Crippen LogP contribution in [0.3, 0.4) is 0 Å². The summed E-state index contributed by atoms with van der Waals surface area (Å²) in [5.74, 6) is 0. The Morgan fingerprint density at radius 1 is 1.24 bits per heavy atom. The molecule has 0 saturated carbocycles. The minimum Gasteiger partial charge on any atom is -0.378 e. The van der Waals surface area contributed by atoms with Crippen LogP contribution in [-0.4, -0.2) is 4.92 Å². The van der Waals surface area contributed by atoms with E-state index in [1.165, 1.54) is 6.07 Å². The van der Waals surface area contributed by atoms with Crippen molar-refractivity contribution in [3.63, 3.8) is 0 Å². The van der Waals surface area contributed by atoms with Crippen molar-refractivity contribution in [2.75, 3.05) is 5.32 Å². The van der Waals surface area contributed by atoms with Crippen molar-refractivity contribution >= 4 is 23.0 Å². The zero-order valence-corrected chi connectivity index (χ0v) is 12.5. The highest BCUT2D eigenvalue weighted by molar-refractivity contribution is 6.32. The molecule has 4 nitrogen and oxygen atoms in total. The van der Waals surface area contributed by atoms with E-state index in [1.54, 1.807) is 12.1 Å². The molecule has 110 valence electrons. The van der Waals surface area contributed by atoms with Crippen molar-refractivity contribution in [3.8, 4) is 0 Å². The van der Waals surface area contributed by atoms with Crippen molar-refractivity contribution in [2.45, 2.75) is 25.8 Å². The van der Waals surface area contributed by atoms with E-state index in [4.69, 9.17) is 11.6 Å². The normalized spacial score (nSPS) is 11.9. The van der Waals surface area contributed by atoms with Gasteiger partial charge in [-0.1, -0.05) is 55.3 Å². The highest BCUT2D eigenvalue weighted by Gasteiger charge is 2.15. The fourth-order valence-electron chi connectivity index (χ4n) is 2.24. The third-order valence-corrected chi connectivity index (χ3v) is 3.58. The van der Waals surface area contributed by atoms with Gasteiger partial charge < -0.3 is 5.32 Å². The first-order chi connectivity index (χ1) is 10.1. The van der Waals surface area contributed by atoms with E-state index in [0.29, 0.717) is 5.69 Å². The largest absolute Gasteiger partial charge is 0.378 e. The molecule has 2 rings (SSSR count). The van der Waals surface area contributed by atoms with E-state index < -0.39 is 4.92 Å². The Morgan fingerprint density at radius 3 is 2.57 bits per heavy atom. The topological polar surface area (TPSA) is 55.2 Å². The molecule has 0 spiro atoms. The SMILES string of the molecule is CCCC(Nc1ccc(Cl)c([N+](=O)[O-])c1)c1ccccc1. The molecule has 1 N–H and O–H groups in total. The van der Waals surface area contributed by atoms with Crippen molar-refractivity contribution in [2.24, 2.45) is 0 Å². The summed E-state index contributed by atoms with van der Waals surface area (Å²) in [6.07, 6.45) is 1.96. The summed E-state index contributed by atoms with van der Waals surface area (Å²) in [4.78, 5) is 10.5. The summed E-state index contributed by atoms with van der Waals surface area (Å²) in [6.45, 7) is 2.11. The number of nitrogens with zero attached hydrogens (tertiary/aromatic N) is 1. The molecule has 1 unspecified atom stereocenters. The Balaban J connectivity index is 2.25. The van der Waals surface area contributed by atoms with Gasteiger partial charge in [0.25, 0.3) is 5.69 Å². The predicted molar refractivity (Wildman–Crippen MR) is 85.8 cm³/mol. The standard InChI is InChI=1S/C16H17ClN2O2/c1-2-6-15(12-7-4-3-5-8-12)18-13-9-10-14(17)16(11-13)19(20)21/h3-5,7-11,15,18H,2,6H2,1H3. The molecule has 2 aromatic carbocycles. The molecular weight excluding hydrogens is 288 g/mol. The van der Waals surface area contributed by atoms with Crippen LogP contribution in [0, 0.1) is 10.1 Å². The Bertz CT molecular complexity index is 617. The maximum Gasteiger partial charge on any atom is 0.289 e. The molecule has 1 atom stereocenters. The van der Waals surface area contributed by atoms with Crippen molar-refractivity contribution in [1.82, 2.24) is 0 Å². The van der Waals surface area contributed by atoms with E-state index in [0.717, 1.165) is 18.4 Å². The van der Waals surface area contributed by atoms with E-state index >= 15 is 0 Å². The zero-order chi connectivity index (χ0) is 15.2. The number of hydrogen-bond acceptors (Lipinski definition) is 3. The number of halogens is 1. The third-order valence-electron chi connectivity index (χ3n) is 3.26. The van der Waals surface area contributed by atoms with Gasteiger partial charge in [-0.2, -0.15) is 0 Å². The van der Waals surface area contributed by atoms with Gasteiger partial charge in [0.15, 0.2) is 0 Å². The lowest BCUT2D eigenvalue weighted by molar-refractivity contribution is -0.384. The van der Waals surface area contributed by atoms with Gasteiger partial charge in [-0.3, -0.25) is 10.1 Å². The Kier molecular flexibility index (Phi) is 5.17. The number of nitrogens with one attached hydrogen (secondary N) is 1. The Hall–Kier alpha value is -2.07. The monoisotopic (exact) mass is 304 g/mol. The number of hydrogen-bond donors (Lipinski definition) is 1. The van der Waals surface area contributed by atoms with Crippen LogP contribution < -0.4 is 5.32 Å². The number of nitro benzene ring substituents is 1. The van der Waals surface area contributed by atoms with Gasteiger partial charge in [0, 0.05) is 11.8 Å². The summed E-state index contributed by atoms with van der Waals surface area (Å²) in [6, 6.07) is 15.0. The molecule has 0 bridgehead atoms. The van der Waals surface area contributed by atoms with Crippen molar-refractivity contribution in [3.05, 3.63) is 69.2 Å². The molecule has 0 aliphatic heterocycles. The van der Waals surface area contributed by atoms with E-state index in [2.05, 4.69) is 24.4 Å². The molecule has 0 amide bonds. The lowest BCUT2D eigenvalue weighted by Crippen LogP contribution is -2.10. The molecule has 21 heavy (non-hydrogen) atoms. The summed E-state index contributed by atoms with van der Waals surface area (Å²) in [5, 5.41) is 14.5. The first kappa shape index (κ1) is 15.3. The van der Waals surface area contributed by atoms with Crippen molar-refractivity contribution in [1.29, 1.82) is 0 Å². The minimum atomic E-state index is -0.467. The highest BCUT2D eigenvalue weighted by Crippen LogP contribution is 2.30. The number of rotatable bonds is 6. The van der Waals surface area contributed by atoms with Crippen LogP contribution in [0.25, 0.3) is 0 Å². The fraction of sp³-hybridized carbons (Fsp3) is 0.250. The predicted octanol–water partition coefficient (Wildman–Crippen LogP) is 5.20. The molecule has 2 aromatic rings. The maximum atomic E-state index is 10.9. The summed E-state index contributed by atoms with van der Waals surface area (Å²) in [7, 11) is 0. The average Bonchev–Trinajstić information content (AvgIpc) is 2.49. The first-order valence-corrected chi connectivity index (χ1v) is 7.25. The Morgan fingerprint density at radius 2 is 1.95 bits per heavy atom. The number of anilines is 1. The second kappa shape index (κ2) is 7.09. The van der Waals surface area contributed by atoms with Crippen LogP contribution in [0.2, 0.25) is 5.02 Å². The molecule has 0 heterocycles. The van der Waals surface area contributed by atoms with Gasteiger partial charge in [0.1, 0.15) is 5.02 Å². The van der Waals surface area contributed by atoms with Crippen LogP contribution >= 0.6 is 11.6 Å². The second-order valence-corrected chi connectivity index (χ2v) is 5.23. The lowest BCUT2D eigenvalue weighted by atomic mass is 10.0. The van der Waals surface area contributed by atoms with Gasteiger partial charge in [0.2, 0.25) is 0 Å². The third kappa shape index (κ3) is 3.95. The van der Waals surface area contributed by atoms with Gasteiger partial charge in [0.05, 0.1) is 11.0 Å². The quantitative estimate of drug-likeness (QED) is 0.589. The highest BCUT2D eigenvalue weighted by atomic mass is 35.5. The molecule has 0 radical (unpaired) electrons. The second-order valence-electron chi connectivity index (χ2n) is 4.82. The van der Waals surface area contributed by atoms with Crippen LogP contribution in [0.15, 0.2) is 48.5 Å². The van der Waals surface area contributed by atoms with Gasteiger partial charge in [-0.05, 0) is 24.1 Å². The maximum absolute atomic E-state index is 10.9. The Labute approximate surface area is 128 Å². The molecule has 0 fully saturated rings. The van der Waals surface area contributed by atoms with Crippen LogP contribution in [0.5, 0.6) is 0 Å². The molecule has 0 saturated heterocycles. The van der Waals surface area contributed by atoms with Crippen LogP contribution in [0.1, 0.15) is 31.4 Å². The van der Waals surface area contributed by atoms with Crippen molar-refractivity contribution < 1.29 is 4.92 Å². The van der Waals surface area contributed by atoms with E-state index in [1.807, 2.05) is 18.2 Å². The number of benzene rings is 2. The van der Waals surface area contributed by atoms with E-state index in [9.17, 15) is 10.1 Å². The van der Waals surface area contributed by atoms with Crippen LogP contribution in [-0.2, 0) is 0 Å². The molecule has 0 aliphatic rings. The molecule has 0 aromatic heterocycles. The zero-order valence-electron chi connectivity index (χ0n) is 11.8. The molecular formula is C16H17ClN2O2. The molecule has 5 heteroatoms. The minimum absolute atomic E-state index is 0.0787. The van der Waals surface area contributed by atoms with Gasteiger partial charge in [-0.15, -0.1) is 0 Å². The average molecular weight is 305 g/mol. The molecule has 0 aliphatic carbocycles. The van der Waals surface area contributed by atoms with Gasteiger partial charge in [-0.25, -0.2) is 0 Å². The summed E-state index contributed by atoms with van der Waals surface area (Å²) >= 11 is 5.84. The van der Waals surface area contributed by atoms with Crippen LogP contribution in [0.4, 0.5) is 11.4 Å². The number of nitro groups is 1. The fourth-order valence-corrected chi connectivity index (χ4v) is 2.43.